The number of hydrogen-bond donors (Lipinski definition) is 3. The van der Waals surface area contributed by atoms with E-state index < -0.39 is 0 Å². The van der Waals surface area contributed by atoms with Gasteiger partial charge in [-0.1, -0.05) is 0 Å². The molecule has 0 atom stereocenters. The van der Waals surface area contributed by atoms with Gasteiger partial charge in [0.05, 0.1) is 18.8 Å². The molecule has 0 bridgehead atoms. The van der Waals surface area contributed by atoms with Crippen LogP contribution < -0.4 is 15.4 Å². The van der Waals surface area contributed by atoms with E-state index in [1.807, 2.05) is 12.3 Å². The van der Waals surface area contributed by atoms with Crippen molar-refractivity contribution in [3.63, 3.8) is 0 Å². The summed E-state index contributed by atoms with van der Waals surface area (Å²) in [7, 11) is 1.70. The molecule has 0 aliphatic carbocycles. The lowest BCUT2D eigenvalue weighted by Crippen LogP contribution is -2.31. The van der Waals surface area contributed by atoms with Gasteiger partial charge >= 0.3 is 0 Å². The molecule has 0 saturated heterocycles. The van der Waals surface area contributed by atoms with E-state index in [2.05, 4.69) is 20.6 Å². The van der Waals surface area contributed by atoms with Crippen molar-refractivity contribution in [2.24, 2.45) is 4.99 Å². The number of thioether (sulfide) groups is 1. The molecule has 0 unspecified atom stereocenters. The first-order chi connectivity index (χ1) is 10.3. The first-order valence-electron chi connectivity index (χ1n) is 6.44. The zero-order valence-corrected chi connectivity index (χ0v) is 12.7. The monoisotopic (exact) mass is 309 g/mol. The molecule has 1 aromatic heterocycles. The Balaban J connectivity index is 2.37. The number of aliphatic hydroxyl groups is 1. The summed E-state index contributed by atoms with van der Waals surface area (Å²) >= 11 is 1.67. The fourth-order valence-corrected chi connectivity index (χ4v) is 2.22. The number of nitrogens with zero attached hydrogens (tertiary/aromatic N) is 3. The number of guanidine groups is 1. The van der Waals surface area contributed by atoms with E-state index in [-0.39, 0.29) is 13.2 Å². The summed E-state index contributed by atoms with van der Waals surface area (Å²) in [6.07, 6.45) is 3.53. The van der Waals surface area contributed by atoms with Gasteiger partial charge in [-0.25, -0.2) is 0 Å². The van der Waals surface area contributed by atoms with Crippen molar-refractivity contribution in [1.82, 2.24) is 15.6 Å². The SMILES string of the molecule is CNC(=NCCSCc1ncccc1OCCO)NC#N. The first kappa shape index (κ1) is 17.1. The van der Waals surface area contributed by atoms with Gasteiger partial charge in [-0.15, -0.1) is 0 Å². The molecule has 114 valence electrons. The van der Waals surface area contributed by atoms with Crippen LogP contribution in [0.15, 0.2) is 23.3 Å². The highest BCUT2D eigenvalue weighted by Gasteiger charge is 2.04. The molecule has 21 heavy (non-hydrogen) atoms. The van der Waals surface area contributed by atoms with Gasteiger partial charge in [0.2, 0.25) is 5.96 Å². The van der Waals surface area contributed by atoms with E-state index in [0.29, 0.717) is 24.0 Å². The number of rotatable bonds is 8. The molecular weight excluding hydrogens is 290 g/mol. The summed E-state index contributed by atoms with van der Waals surface area (Å²) in [4.78, 5) is 8.48. The zero-order valence-electron chi connectivity index (χ0n) is 11.9. The van der Waals surface area contributed by atoms with Crippen LogP contribution in [0.4, 0.5) is 0 Å². The Bertz CT molecular complexity index is 490. The van der Waals surface area contributed by atoms with Crippen LogP contribution in [0.1, 0.15) is 5.69 Å². The second kappa shape index (κ2) is 10.8. The first-order valence-corrected chi connectivity index (χ1v) is 7.60. The summed E-state index contributed by atoms with van der Waals surface area (Å²) in [5.41, 5.74) is 0.851. The fraction of sp³-hybridized carbons (Fsp3) is 0.462. The molecule has 0 radical (unpaired) electrons. The predicted molar refractivity (Wildman–Crippen MR) is 83.1 cm³/mol. The highest BCUT2D eigenvalue weighted by molar-refractivity contribution is 7.98. The van der Waals surface area contributed by atoms with Crippen LogP contribution in [0.25, 0.3) is 0 Å². The molecule has 8 heteroatoms. The van der Waals surface area contributed by atoms with Crippen molar-refractivity contribution < 1.29 is 9.84 Å². The van der Waals surface area contributed by atoms with E-state index in [9.17, 15) is 0 Å². The number of nitrogens with one attached hydrogen (secondary N) is 2. The van der Waals surface area contributed by atoms with E-state index >= 15 is 0 Å². The molecule has 0 aliphatic rings. The topological polar surface area (TPSA) is 103 Å². The number of ether oxygens (including phenoxy) is 1. The lowest BCUT2D eigenvalue weighted by Gasteiger charge is -2.09. The van der Waals surface area contributed by atoms with E-state index in [1.54, 1.807) is 31.1 Å². The molecule has 0 amide bonds. The molecule has 3 N–H and O–H groups in total. The number of aliphatic hydroxyl groups excluding tert-OH is 1. The summed E-state index contributed by atoms with van der Waals surface area (Å²) in [5.74, 6) is 2.67. The van der Waals surface area contributed by atoms with Crippen LogP contribution in [-0.2, 0) is 5.75 Å². The number of aromatic nitrogens is 1. The number of hydrogen-bond acceptors (Lipinski definition) is 6. The molecule has 0 fully saturated rings. The second-order valence-electron chi connectivity index (χ2n) is 3.79. The van der Waals surface area contributed by atoms with Crippen LogP contribution in [0.3, 0.4) is 0 Å². The molecule has 1 aromatic rings. The lowest BCUT2D eigenvalue weighted by molar-refractivity contribution is 0.200. The van der Waals surface area contributed by atoms with Gasteiger partial charge in [0.15, 0.2) is 6.19 Å². The van der Waals surface area contributed by atoms with Crippen LogP contribution >= 0.6 is 11.8 Å². The van der Waals surface area contributed by atoms with Gasteiger partial charge in [0.25, 0.3) is 0 Å². The Labute approximate surface area is 128 Å². The molecule has 0 saturated carbocycles. The van der Waals surface area contributed by atoms with E-state index in [1.165, 1.54) is 0 Å². The standard InChI is InChI=1S/C13H19N5O2S/c1-15-13(18-10-14)17-5-8-21-9-11-12(20-7-6-19)3-2-4-16-11/h2-4,19H,5-9H2,1H3,(H2,15,17,18). The van der Waals surface area contributed by atoms with Crippen LogP contribution in [0, 0.1) is 11.5 Å². The minimum absolute atomic E-state index is 0.0190. The molecular formula is C13H19N5O2S. The third kappa shape index (κ3) is 6.83. The summed E-state index contributed by atoms with van der Waals surface area (Å²) in [6, 6.07) is 3.64. The van der Waals surface area contributed by atoms with Gasteiger partial charge in [-0.05, 0) is 12.1 Å². The minimum atomic E-state index is -0.0190. The highest BCUT2D eigenvalue weighted by Crippen LogP contribution is 2.20. The predicted octanol–water partition coefficient (Wildman–Crippen LogP) is 0.332. The Morgan fingerprint density at radius 1 is 1.62 bits per heavy atom. The molecule has 0 aromatic carbocycles. The van der Waals surface area contributed by atoms with Crippen molar-refractivity contribution in [2.45, 2.75) is 5.75 Å². The fourth-order valence-electron chi connectivity index (χ4n) is 1.44. The Hall–Kier alpha value is -1.98. The smallest absolute Gasteiger partial charge is 0.204 e. The van der Waals surface area contributed by atoms with E-state index in [4.69, 9.17) is 15.1 Å². The molecule has 1 heterocycles. The van der Waals surface area contributed by atoms with Crippen LogP contribution in [0.2, 0.25) is 0 Å². The maximum Gasteiger partial charge on any atom is 0.204 e. The highest BCUT2D eigenvalue weighted by atomic mass is 32.2. The number of aliphatic imine (C=N–C) groups is 1. The van der Waals surface area contributed by atoms with Gasteiger partial charge in [0, 0.05) is 24.8 Å². The summed E-state index contributed by atoms with van der Waals surface area (Å²) < 4.78 is 5.42. The van der Waals surface area contributed by atoms with Gasteiger partial charge < -0.3 is 15.2 Å². The van der Waals surface area contributed by atoms with Crippen molar-refractivity contribution in [1.29, 1.82) is 5.26 Å². The maximum atomic E-state index is 8.78. The molecule has 0 aliphatic heterocycles. The van der Waals surface area contributed by atoms with Crippen molar-refractivity contribution in [3.8, 4) is 11.9 Å². The molecule has 7 nitrogen and oxygen atoms in total. The van der Waals surface area contributed by atoms with Crippen molar-refractivity contribution >= 4 is 17.7 Å². The minimum Gasteiger partial charge on any atom is -0.489 e. The number of pyridine rings is 1. The zero-order chi connectivity index (χ0) is 15.3. The van der Waals surface area contributed by atoms with Gasteiger partial charge in [-0.2, -0.15) is 17.0 Å². The Morgan fingerprint density at radius 3 is 3.19 bits per heavy atom. The van der Waals surface area contributed by atoms with E-state index in [0.717, 1.165) is 11.4 Å². The third-order valence-corrected chi connectivity index (χ3v) is 3.30. The largest absolute Gasteiger partial charge is 0.489 e. The normalized spacial score (nSPS) is 10.8. The molecule has 1 rings (SSSR count). The third-order valence-electron chi connectivity index (χ3n) is 2.35. The second-order valence-corrected chi connectivity index (χ2v) is 4.90. The summed E-state index contributed by atoms with van der Waals surface area (Å²) in [6.45, 7) is 0.836. The lowest BCUT2D eigenvalue weighted by atomic mass is 10.3. The van der Waals surface area contributed by atoms with Gasteiger partial charge in [-0.3, -0.25) is 15.3 Å². The summed E-state index contributed by atoms with van der Waals surface area (Å²) in [5, 5.41) is 22.5. The van der Waals surface area contributed by atoms with Crippen LogP contribution in [-0.4, -0.2) is 48.6 Å². The van der Waals surface area contributed by atoms with Crippen molar-refractivity contribution in [3.05, 3.63) is 24.0 Å². The Morgan fingerprint density at radius 2 is 2.48 bits per heavy atom. The van der Waals surface area contributed by atoms with Crippen molar-refractivity contribution in [2.75, 3.05) is 32.6 Å². The molecule has 0 spiro atoms. The van der Waals surface area contributed by atoms with Crippen LogP contribution in [0.5, 0.6) is 5.75 Å². The maximum absolute atomic E-state index is 8.78. The number of nitriles is 1. The Kier molecular flexibility index (Phi) is 8.75. The van der Waals surface area contributed by atoms with Gasteiger partial charge in [0.1, 0.15) is 12.4 Å². The average Bonchev–Trinajstić information content (AvgIpc) is 2.52. The average molecular weight is 309 g/mol. The quantitative estimate of drug-likeness (QED) is 0.209.